The number of H-pyrrole nitrogens is 1. The smallest absolute Gasteiger partial charge is 0.386 e. The van der Waals surface area contributed by atoms with E-state index in [1.807, 2.05) is 0 Å². The Hall–Kier alpha value is -1.29. The van der Waals surface area contributed by atoms with E-state index in [1.54, 1.807) is 4.67 Å². The Bertz CT molecular complexity index is 802. The summed E-state index contributed by atoms with van der Waals surface area (Å²) >= 11 is 0. The van der Waals surface area contributed by atoms with Crippen molar-refractivity contribution >= 4 is 7.75 Å². The maximum atomic E-state index is 13.0. The Morgan fingerprint density at radius 2 is 2.00 bits per heavy atom. The van der Waals surface area contributed by atoms with Crippen LogP contribution in [0.2, 0.25) is 0 Å². The lowest BCUT2D eigenvalue weighted by atomic mass is 10.1. The van der Waals surface area contributed by atoms with E-state index in [4.69, 9.17) is 13.8 Å². The third kappa shape index (κ3) is 3.03. The quantitative estimate of drug-likeness (QED) is 0.684. The van der Waals surface area contributed by atoms with Crippen molar-refractivity contribution in [2.24, 2.45) is 0 Å². The number of ether oxygens (including phenoxy) is 1. The summed E-state index contributed by atoms with van der Waals surface area (Å²) in [7, 11) is -3.49. The van der Waals surface area contributed by atoms with E-state index < -0.39 is 43.5 Å². The fraction of sp³-hybridized carbons (Fsp3) is 0.714. The number of aromatic nitrogens is 2. The van der Waals surface area contributed by atoms with Crippen LogP contribution in [0.1, 0.15) is 25.5 Å². The molecular weight excluding hydrogens is 353 g/mol. The van der Waals surface area contributed by atoms with E-state index in [1.165, 1.54) is 6.20 Å². The van der Waals surface area contributed by atoms with Gasteiger partial charge in [0.05, 0.1) is 6.61 Å². The zero-order valence-electron chi connectivity index (χ0n) is 13.4. The van der Waals surface area contributed by atoms with Crippen LogP contribution in [0.25, 0.3) is 0 Å². The monoisotopic (exact) mass is 373 g/mol. The van der Waals surface area contributed by atoms with Crippen LogP contribution >= 0.6 is 7.75 Å². The minimum Gasteiger partial charge on any atom is -0.386 e. The van der Waals surface area contributed by atoms with Crippen LogP contribution in [0.4, 0.5) is 0 Å². The number of aromatic amines is 1. The SMILES string of the molecule is O=c1ccn([C@@H]2O[C@@H]3CO[P@](=O)(N4CCCCC4)O[C@H]3[C@H]2O)c(=O)[nH]1. The van der Waals surface area contributed by atoms with Gasteiger partial charge in [-0.05, 0) is 12.8 Å². The van der Waals surface area contributed by atoms with Gasteiger partial charge in [-0.15, -0.1) is 0 Å². The molecule has 10 nitrogen and oxygen atoms in total. The maximum absolute atomic E-state index is 13.0. The average Bonchev–Trinajstić information content (AvgIpc) is 2.92. The third-order valence-electron chi connectivity index (χ3n) is 4.77. The highest BCUT2D eigenvalue weighted by Crippen LogP contribution is 2.58. The summed E-state index contributed by atoms with van der Waals surface area (Å²) < 4.78 is 32.6. The van der Waals surface area contributed by atoms with E-state index in [0.717, 1.165) is 29.9 Å². The minimum atomic E-state index is -3.49. The second kappa shape index (κ2) is 6.46. The molecule has 3 saturated heterocycles. The lowest BCUT2D eigenvalue weighted by molar-refractivity contribution is -0.0667. The normalized spacial score (nSPS) is 39.2. The topological polar surface area (TPSA) is 123 Å². The molecule has 0 radical (unpaired) electrons. The molecule has 0 unspecified atom stereocenters. The number of hydrogen-bond donors (Lipinski definition) is 2. The Balaban J connectivity index is 1.56. The number of aliphatic hydroxyl groups excluding tert-OH is 1. The molecule has 4 rings (SSSR count). The van der Waals surface area contributed by atoms with Gasteiger partial charge in [-0.2, -0.15) is 0 Å². The lowest BCUT2D eigenvalue weighted by Gasteiger charge is -2.38. The fourth-order valence-corrected chi connectivity index (χ4v) is 5.50. The average molecular weight is 373 g/mol. The number of rotatable bonds is 2. The molecule has 11 heteroatoms. The van der Waals surface area contributed by atoms with Crippen molar-refractivity contribution in [2.75, 3.05) is 19.7 Å². The van der Waals surface area contributed by atoms with Crippen LogP contribution in [0, 0.1) is 0 Å². The summed E-state index contributed by atoms with van der Waals surface area (Å²) in [5, 5.41) is 10.6. The van der Waals surface area contributed by atoms with Crippen molar-refractivity contribution in [2.45, 2.75) is 43.8 Å². The highest BCUT2D eigenvalue weighted by Gasteiger charge is 2.54. The number of piperidine rings is 1. The highest BCUT2D eigenvalue weighted by molar-refractivity contribution is 7.51. The molecule has 4 heterocycles. The van der Waals surface area contributed by atoms with E-state index in [0.29, 0.717) is 13.1 Å². The molecule has 3 aliphatic heterocycles. The van der Waals surface area contributed by atoms with Gasteiger partial charge >= 0.3 is 13.4 Å². The molecule has 138 valence electrons. The summed E-state index contributed by atoms with van der Waals surface area (Å²) in [6.45, 7) is 1.24. The summed E-state index contributed by atoms with van der Waals surface area (Å²) in [5.74, 6) is 0. The highest BCUT2D eigenvalue weighted by atomic mass is 31.2. The molecule has 3 aliphatic rings. The first kappa shape index (κ1) is 17.1. The Morgan fingerprint density at radius 3 is 2.72 bits per heavy atom. The Morgan fingerprint density at radius 1 is 1.24 bits per heavy atom. The summed E-state index contributed by atoms with van der Waals surface area (Å²) in [6.07, 6.45) is 0.379. The molecule has 0 bridgehead atoms. The number of nitrogens with zero attached hydrogens (tertiary/aromatic N) is 2. The number of hydrogen-bond acceptors (Lipinski definition) is 7. The number of aliphatic hydroxyl groups is 1. The summed E-state index contributed by atoms with van der Waals surface area (Å²) in [5.41, 5.74) is -1.24. The Kier molecular flexibility index (Phi) is 4.43. The predicted octanol–water partition coefficient (Wildman–Crippen LogP) is -0.196. The first-order chi connectivity index (χ1) is 12.0. The zero-order chi connectivity index (χ0) is 17.6. The molecule has 2 N–H and O–H groups in total. The van der Waals surface area contributed by atoms with Crippen LogP contribution < -0.4 is 11.2 Å². The van der Waals surface area contributed by atoms with Crippen molar-refractivity contribution in [3.05, 3.63) is 33.1 Å². The van der Waals surface area contributed by atoms with Crippen LogP contribution in [0.5, 0.6) is 0 Å². The van der Waals surface area contributed by atoms with Crippen molar-refractivity contribution in [3.8, 4) is 0 Å². The third-order valence-corrected chi connectivity index (χ3v) is 6.85. The van der Waals surface area contributed by atoms with Crippen LogP contribution in [-0.2, 0) is 18.3 Å². The molecule has 0 saturated carbocycles. The lowest BCUT2D eigenvalue weighted by Crippen LogP contribution is -2.43. The molecule has 5 atom stereocenters. The van der Waals surface area contributed by atoms with E-state index in [2.05, 4.69) is 4.98 Å². The first-order valence-electron chi connectivity index (χ1n) is 8.31. The predicted molar refractivity (Wildman–Crippen MR) is 85.1 cm³/mol. The standard InChI is InChI=1S/C14H20N3O7P/c18-10-4-7-17(14(20)15-10)13-11(19)12-9(23-13)8-22-25(21,24-12)16-5-2-1-3-6-16/h4,7,9,11-13,19H,1-3,5-6,8H2,(H,15,18,20)/t9-,11-,12-,13-,25-/m1/s1. The largest absolute Gasteiger partial charge is 0.408 e. The van der Waals surface area contributed by atoms with E-state index in [9.17, 15) is 19.3 Å². The number of fused-ring (bicyclic) bond motifs is 1. The van der Waals surface area contributed by atoms with Gasteiger partial charge in [0.2, 0.25) is 0 Å². The van der Waals surface area contributed by atoms with E-state index in [-0.39, 0.29) is 6.61 Å². The van der Waals surface area contributed by atoms with Gasteiger partial charge in [-0.1, -0.05) is 6.42 Å². The van der Waals surface area contributed by atoms with E-state index >= 15 is 0 Å². The van der Waals surface area contributed by atoms with Gasteiger partial charge in [0, 0.05) is 25.4 Å². The Labute approximate surface area is 142 Å². The second-order valence-electron chi connectivity index (χ2n) is 6.42. The van der Waals surface area contributed by atoms with Crippen LogP contribution in [-0.4, -0.2) is 57.3 Å². The molecule has 25 heavy (non-hydrogen) atoms. The first-order valence-corrected chi connectivity index (χ1v) is 9.81. The molecule has 0 amide bonds. The van der Waals surface area contributed by atoms with Gasteiger partial charge in [0.1, 0.15) is 18.3 Å². The van der Waals surface area contributed by atoms with Gasteiger partial charge in [0.25, 0.3) is 5.56 Å². The van der Waals surface area contributed by atoms with Crippen molar-refractivity contribution in [1.82, 2.24) is 14.2 Å². The van der Waals surface area contributed by atoms with Crippen molar-refractivity contribution in [1.29, 1.82) is 0 Å². The van der Waals surface area contributed by atoms with Gasteiger partial charge in [-0.25, -0.2) is 14.0 Å². The van der Waals surface area contributed by atoms with Crippen LogP contribution in [0.15, 0.2) is 21.9 Å². The summed E-state index contributed by atoms with van der Waals surface area (Å²) in [4.78, 5) is 25.2. The molecule has 1 aromatic heterocycles. The molecule has 0 spiro atoms. The van der Waals surface area contributed by atoms with Crippen LogP contribution in [0.3, 0.4) is 0 Å². The van der Waals surface area contributed by atoms with Gasteiger partial charge in [0.15, 0.2) is 6.23 Å². The van der Waals surface area contributed by atoms with Crippen molar-refractivity contribution < 1.29 is 23.5 Å². The van der Waals surface area contributed by atoms with Gasteiger partial charge < -0.3 is 9.84 Å². The molecule has 1 aromatic rings. The number of nitrogens with one attached hydrogen (secondary N) is 1. The zero-order valence-corrected chi connectivity index (χ0v) is 14.3. The minimum absolute atomic E-state index is 0.00408. The maximum Gasteiger partial charge on any atom is 0.408 e. The molecule has 0 aliphatic carbocycles. The van der Waals surface area contributed by atoms with Crippen molar-refractivity contribution in [3.63, 3.8) is 0 Å². The van der Waals surface area contributed by atoms with Gasteiger partial charge in [-0.3, -0.25) is 23.4 Å². The molecular formula is C14H20N3O7P. The molecule has 3 fully saturated rings. The molecule has 0 aromatic carbocycles. The fourth-order valence-electron chi connectivity index (χ4n) is 3.46. The second-order valence-corrected chi connectivity index (χ2v) is 8.39. The summed E-state index contributed by atoms with van der Waals surface area (Å²) in [6, 6.07) is 1.16.